The fraction of sp³-hybridized carbons (Fsp3) is 0.227. The zero-order chi connectivity index (χ0) is 21.1. The monoisotopic (exact) mass is 405 g/mol. The molecule has 2 aromatic carbocycles. The van der Waals surface area contributed by atoms with Gasteiger partial charge in [-0.2, -0.15) is 0 Å². The van der Waals surface area contributed by atoms with Crippen molar-refractivity contribution >= 4 is 17.6 Å². The fourth-order valence-electron chi connectivity index (χ4n) is 3.47. The van der Waals surface area contributed by atoms with E-state index in [0.717, 1.165) is 22.8 Å². The molecule has 4 rings (SSSR count). The van der Waals surface area contributed by atoms with Gasteiger partial charge in [-0.1, -0.05) is 12.1 Å². The second kappa shape index (κ2) is 8.28. The molecule has 0 aliphatic carbocycles. The van der Waals surface area contributed by atoms with E-state index in [4.69, 9.17) is 4.74 Å². The number of methoxy groups -OCH3 is 1. The Morgan fingerprint density at radius 1 is 1.17 bits per heavy atom. The second-order valence-corrected chi connectivity index (χ2v) is 7.01. The fourth-order valence-corrected chi connectivity index (χ4v) is 3.47. The number of ether oxygens (including phenoxy) is 1. The molecule has 1 aliphatic rings. The first-order chi connectivity index (χ1) is 14.6. The molecule has 1 aliphatic heterocycles. The van der Waals surface area contributed by atoms with Crippen molar-refractivity contribution in [3.05, 3.63) is 77.9 Å². The number of nitrogens with zero attached hydrogens (tertiary/aromatic N) is 3. The zero-order valence-electron chi connectivity index (χ0n) is 16.8. The maximum atomic E-state index is 13.0. The Morgan fingerprint density at radius 3 is 2.47 bits per heavy atom. The van der Waals surface area contributed by atoms with Gasteiger partial charge >= 0.3 is 6.03 Å². The van der Waals surface area contributed by atoms with Crippen LogP contribution in [0, 0.1) is 0 Å². The number of benzene rings is 2. The number of urea groups is 1. The van der Waals surface area contributed by atoms with Crippen LogP contribution < -0.4 is 20.3 Å². The molecule has 0 radical (unpaired) electrons. The van der Waals surface area contributed by atoms with Crippen LogP contribution in [-0.4, -0.2) is 41.7 Å². The predicted octanol–water partition coefficient (Wildman–Crippen LogP) is 2.48. The number of amides is 3. The molecule has 8 nitrogen and oxygen atoms in total. The van der Waals surface area contributed by atoms with Crippen LogP contribution in [-0.2, 0) is 7.05 Å². The van der Waals surface area contributed by atoms with Crippen LogP contribution in [0.2, 0.25) is 0 Å². The van der Waals surface area contributed by atoms with Crippen LogP contribution in [0.25, 0.3) is 0 Å². The summed E-state index contributed by atoms with van der Waals surface area (Å²) in [6, 6.07) is 14.0. The summed E-state index contributed by atoms with van der Waals surface area (Å²) in [5.41, 5.74) is 2.16. The first-order valence-corrected chi connectivity index (χ1v) is 9.64. The minimum atomic E-state index is -0.424. The Hall–Kier alpha value is -3.81. The molecule has 8 heteroatoms. The van der Waals surface area contributed by atoms with E-state index in [1.807, 2.05) is 42.1 Å². The lowest BCUT2D eigenvalue weighted by Gasteiger charge is -2.20. The highest BCUT2D eigenvalue weighted by Crippen LogP contribution is 2.24. The largest absolute Gasteiger partial charge is 0.497 e. The van der Waals surface area contributed by atoms with Crippen LogP contribution in [0.4, 0.5) is 10.5 Å². The van der Waals surface area contributed by atoms with Crippen molar-refractivity contribution in [1.29, 1.82) is 0 Å². The van der Waals surface area contributed by atoms with Crippen molar-refractivity contribution in [3.8, 4) is 5.75 Å². The lowest BCUT2D eigenvalue weighted by Crippen LogP contribution is -2.31. The quantitative estimate of drug-likeness (QED) is 0.660. The van der Waals surface area contributed by atoms with Crippen LogP contribution in [0.1, 0.15) is 27.8 Å². The Bertz CT molecular complexity index is 1040. The summed E-state index contributed by atoms with van der Waals surface area (Å²) in [7, 11) is 3.50. The van der Waals surface area contributed by atoms with Gasteiger partial charge in [0, 0.05) is 43.8 Å². The SMILES string of the molecule is COc1ccc(C(NC(=O)c2ccc(N3CCNC3=O)cc2)c2nccn2C)cc1. The standard InChI is InChI=1S/C22H23N5O3/c1-26-13-11-23-20(26)19(15-5-9-18(30-2)10-6-15)25-21(28)16-3-7-17(8-4-16)27-14-12-24-22(27)29/h3-11,13,19H,12,14H2,1-2H3,(H,24,29)(H,25,28). The highest BCUT2D eigenvalue weighted by atomic mass is 16.5. The highest BCUT2D eigenvalue weighted by Gasteiger charge is 2.23. The van der Waals surface area contributed by atoms with E-state index in [1.54, 1.807) is 42.5 Å². The topological polar surface area (TPSA) is 88.5 Å². The van der Waals surface area contributed by atoms with Gasteiger partial charge in [-0.25, -0.2) is 9.78 Å². The average molecular weight is 405 g/mol. The van der Waals surface area contributed by atoms with Gasteiger partial charge in [0.2, 0.25) is 0 Å². The number of anilines is 1. The average Bonchev–Trinajstić information content (AvgIpc) is 3.40. The summed E-state index contributed by atoms with van der Waals surface area (Å²) in [5.74, 6) is 1.24. The van der Waals surface area contributed by atoms with Crippen LogP contribution in [0.15, 0.2) is 60.9 Å². The Labute approximate surface area is 174 Å². The number of carbonyl (C=O) groups is 2. The number of aryl methyl sites for hydroxylation is 1. The minimum absolute atomic E-state index is 0.124. The van der Waals surface area contributed by atoms with Gasteiger partial charge in [-0.05, 0) is 42.0 Å². The lowest BCUT2D eigenvalue weighted by molar-refractivity contribution is 0.0941. The summed E-state index contributed by atoms with van der Waals surface area (Å²) in [4.78, 5) is 30.9. The molecule has 154 valence electrons. The number of hydrogen-bond donors (Lipinski definition) is 2. The van der Waals surface area contributed by atoms with Gasteiger partial charge in [-0.15, -0.1) is 0 Å². The molecule has 1 saturated heterocycles. The number of imidazole rings is 1. The van der Waals surface area contributed by atoms with E-state index in [9.17, 15) is 9.59 Å². The summed E-state index contributed by atoms with van der Waals surface area (Å²) in [5, 5.41) is 5.84. The van der Waals surface area contributed by atoms with Gasteiger partial charge in [0.05, 0.1) is 7.11 Å². The number of nitrogens with one attached hydrogen (secondary N) is 2. The number of carbonyl (C=O) groups excluding carboxylic acids is 2. The molecule has 0 saturated carbocycles. The molecule has 2 N–H and O–H groups in total. The third-order valence-electron chi connectivity index (χ3n) is 5.14. The summed E-state index contributed by atoms with van der Waals surface area (Å²) >= 11 is 0. The molecule has 1 unspecified atom stereocenters. The van der Waals surface area contributed by atoms with Crippen molar-refractivity contribution in [1.82, 2.24) is 20.2 Å². The van der Waals surface area contributed by atoms with E-state index in [0.29, 0.717) is 18.7 Å². The number of rotatable bonds is 6. The lowest BCUT2D eigenvalue weighted by atomic mass is 10.0. The maximum Gasteiger partial charge on any atom is 0.321 e. The number of aromatic nitrogens is 2. The number of hydrogen-bond acceptors (Lipinski definition) is 4. The summed E-state index contributed by atoms with van der Waals surface area (Å²) in [6.45, 7) is 1.23. The first-order valence-electron chi connectivity index (χ1n) is 9.64. The van der Waals surface area contributed by atoms with Crippen molar-refractivity contribution in [2.24, 2.45) is 7.05 Å². The van der Waals surface area contributed by atoms with Gasteiger partial charge in [0.1, 0.15) is 17.6 Å². The van der Waals surface area contributed by atoms with Crippen LogP contribution in [0.3, 0.4) is 0 Å². The smallest absolute Gasteiger partial charge is 0.321 e. The van der Waals surface area contributed by atoms with Crippen molar-refractivity contribution in [2.45, 2.75) is 6.04 Å². The third-order valence-corrected chi connectivity index (χ3v) is 5.14. The van der Waals surface area contributed by atoms with E-state index >= 15 is 0 Å². The summed E-state index contributed by atoms with van der Waals surface area (Å²) < 4.78 is 7.11. The molecule has 3 amide bonds. The van der Waals surface area contributed by atoms with E-state index in [2.05, 4.69) is 15.6 Å². The molecule has 1 aromatic heterocycles. The first kappa shape index (κ1) is 19.5. The third kappa shape index (κ3) is 3.84. The Morgan fingerprint density at radius 2 is 1.90 bits per heavy atom. The van der Waals surface area contributed by atoms with Gasteiger partial charge in [-0.3, -0.25) is 9.69 Å². The molecule has 1 fully saturated rings. The maximum absolute atomic E-state index is 13.0. The minimum Gasteiger partial charge on any atom is -0.497 e. The normalized spacial score (nSPS) is 14.3. The Balaban J connectivity index is 1.57. The Kier molecular flexibility index (Phi) is 5.38. The van der Waals surface area contributed by atoms with Crippen molar-refractivity contribution in [3.63, 3.8) is 0 Å². The molecule has 30 heavy (non-hydrogen) atoms. The molecular formula is C22H23N5O3. The van der Waals surface area contributed by atoms with E-state index in [-0.39, 0.29) is 11.9 Å². The van der Waals surface area contributed by atoms with E-state index < -0.39 is 6.04 Å². The molecule has 3 aromatic rings. The molecular weight excluding hydrogens is 382 g/mol. The molecule has 1 atom stereocenters. The molecule has 2 heterocycles. The predicted molar refractivity (Wildman–Crippen MR) is 113 cm³/mol. The van der Waals surface area contributed by atoms with Crippen molar-refractivity contribution in [2.75, 3.05) is 25.1 Å². The highest BCUT2D eigenvalue weighted by molar-refractivity contribution is 5.97. The van der Waals surface area contributed by atoms with Crippen LogP contribution in [0.5, 0.6) is 5.75 Å². The molecule has 0 spiro atoms. The van der Waals surface area contributed by atoms with Crippen molar-refractivity contribution < 1.29 is 14.3 Å². The van der Waals surface area contributed by atoms with E-state index in [1.165, 1.54) is 0 Å². The van der Waals surface area contributed by atoms with Crippen LogP contribution >= 0.6 is 0 Å². The summed E-state index contributed by atoms with van der Waals surface area (Å²) in [6.07, 6.45) is 3.54. The van der Waals surface area contributed by atoms with Gasteiger partial charge < -0.3 is 19.9 Å². The van der Waals surface area contributed by atoms with Gasteiger partial charge in [0.25, 0.3) is 5.91 Å². The zero-order valence-corrected chi connectivity index (χ0v) is 16.8. The second-order valence-electron chi connectivity index (χ2n) is 7.01. The van der Waals surface area contributed by atoms with Gasteiger partial charge in [0.15, 0.2) is 0 Å². The molecule has 0 bridgehead atoms.